The summed E-state index contributed by atoms with van der Waals surface area (Å²) >= 11 is 0. The first-order valence-electron chi connectivity index (χ1n) is 5.92. The molecule has 1 aliphatic rings. The number of aliphatic hydroxyl groups is 1. The van der Waals surface area contributed by atoms with Crippen LogP contribution in [0, 0.1) is 12.3 Å². The van der Waals surface area contributed by atoms with E-state index in [4.69, 9.17) is 6.42 Å². The van der Waals surface area contributed by atoms with Crippen LogP contribution in [0.1, 0.15) is 44.9 Å². The molecule has 1 N–H and O–H groups in total. The Morgan fingerprint density at radius 3 is 2.20 bits per heavy atom. The summed E-state index contributed by atoms with van der Waals surface area (Å²) in [5.74, 6) is 2.59. The number of rotatable bonds is 3. The SMILES string of the molecule is C#CCC(O)C1(N(C)C)CCCCCC1. The topological polar surface area (TPSA) is 23.5 Å². The van der Waals surface area contributed by atoms with Crippen molar-refractivity contribution in [1.82, 2.24) is 4.90 Å². The van der Waals surface area contributed by atoms with Gasteiger partial charge in [0.1, 0.15) is 0 Å². The van der Waals surface area contributed by atoms with Gasteiger partial charge in [0, 0.05) is 12.0 Å². The molecule has 1 rings (SSSR count). The summed E-state index contributed by atoms with van der Waals surface area (Å²) in [5.41, 5.74) is -0.0805. The highest BCUT2D eigenvalue weighted by atomic mass is 16.3. The molecular weight excluding hydrogens is 186 g/mol. The minimum atomic E-state index is -0.379. The fourth-order valence-corrected chi connectivity index (χ4v) is 2.72. The number of likely N-dealkylation sites (N-methyl/N-ethyl adjacent to an activating group) is 1. The highest BCUT2D eigenvalue weighted by molar-refractivity contribution is 5.01. The maximum atomic E-state index is 10.2. The smallest absolute Gasteiger partial charge is 0.0832 e. The highest BCUT2D eigenvalue weighted by Crippen LogP contribution is 2.34. The lowest BCUT2D eigenvalue weighted by molar-refractivity contribution is -0.0147. The van der Waals surface area contributed by atoms with Crippen LogP contribution in [0.2, 0.25) is 0 Å². The molecule has 0 aromatic heterocycles. The molecule has 0 aromatic rings. The lowest BCUT2D eigenvalue weighted by Gasteiger charge is -2.43. The average Bonchev–Trinajstić information content (AvgIpc) is 2.43. The van der Waals surface area contributed by atoms with Crippen molar-refractivity contribution in [3.05, 3.63) is 0 Å². The summed E-state index contributed by atoms with van der Waals surface area (Å²) in [4.78, 5) is 2.18. The van der Waals surface area contributed by atoms with Crippen LogP contribution in [0.5, 0.6) is 0 Å². The van der Waals surface area contributed by atoms with Gasteiger partial charge in [-0.3, -0.25) is 0 Å². The van der Waals surface area contributed by atoms with Crippen LogP contribution in [-0.4, -0.2) is 35.7 Å². The molecule has 86 valence electrons. The molecular formula is C13H23NO. The second-order valence-electron chi connectivity index (χ2n) is 4.84. The van der Waals surface area contributed by atoms with E-state index in [9.17, 15) is 5.11 Å². The molecule has 1 fully saturated rings. The molecule has 1 unspecified atom stereocenters. The van der Waals surface area contributed by atoms with Gasteiger partial charge in [0.2, 0.25) is 0 Å². The third-order valence-electron chi connectivity index (χ3n) is 3.79. The summed E-state index contributed by atoms with van der Waals surface area (Å²) in [6, 6.07) is 0. The number of hydrogen-bond donors (Lipinski definition) is 1. The van der Waals surface area contributed by atoms with Crippen LogP contribution in [0.15, 0.2) is 0 Å². The first-order chi connectivity index (χ1) is 7.13. The molecule has 0 radical (unpaired) electrons. The van der Waals surface area contributed by atoms with Crippen molar-refractivity contribution >= 4 is 0 Å². The number of aliphatic hydroxyl groups excluding tert-OH is 1. The van der Waals surface area contributed by atoms with Gasteiger partial charge >= 0.3 is 0 Å². The van der Waals surface area contributed by atoms with E-state index < -0.39 is 0 Å². The van der Waals surface area contributed by atoms with E-state index >= 15 is 0 Å². The van der Waals surface area contributed by atoms with Crippen LogP contribution in [0.3, 0.4) is 0 Å². The Labute approximate surface area is 93.7 Å². The lowest BCUT2D eigenvalue weighted by atomic mass is 9.82. The quantitative estimate of drug-likeness (QED) is 0.568. The average molecular weight is 209 g/mol. The fraction of sp³-hybridized carbons (Fsp3) is 0.846. The molecule has 1 saturated carbocycles. The van der Waals surface area contributed by atoms with Crippen LogP contribution in [0.25, 0.3) is 0 Å². The van der Waals surface area contributed by atoms with Crippen molar-refractivity contribution in [1.29, 1.82) is 0 Å². The summed E-state index contributed by atoms with van der Waals surface area (Å²) in [6.07, 6.45) is 12.5. The van der Waals surface area contributed by atoms with Crippen molar-refractivity contribution in [2.24, 2.45) is 0 Å². The molecule has 0 amide bonds. The van der Waals surface area contributed by atoms with Gasteiger partial charge in [0.25, 0.3) is 0 Å². The Morgan fingerprint density at radius 2 is 1.80 bits per heavy atom. The molecule has 0 spiro atoms. The van der Waals surface area contributed by atoms with Gasteiger partial charge in [-0.15, -0.1) is 12.3 Å². The van der Waals surface area contributed by atoms with Gasteiger partial charge < -0.3 is 10.0 Å². The van der Waals surface area contributed by atoms with Crippen molar-refractivity contribution in [3.63, 3.8) is 0 Å². The Morgan fingerprint density at radius 1 is 1.27 bits per heavy atom. The predicted molar refractivity (Wildman–Crippen MR) is 63.6 cm³/mol. The van der Waals surface area contributed by atoms with Crippen molar-refractivity contribution in [3.8, 4) is 12.3 Å². The molecule has 15 heavy (non-hydrogen) atoms. The van der Waals surface area contributed by atoms with Gasteiger partial charge in [-0.1, -0.05) is 25.7 Å². The first-order valence-corrected chi connectivity index (χ1v) is 5.92. The summed E-state index contributed by atoms with van der Waals surface area (Å²) in [6.45, 7) is 0. The molecule has 0 aromatic carbocycles. The van der Waals surface area contributed by atoms with Crippen LogP contribution < -0.4 is 0 Å². The molecule has 2 heteroatoms. The monoisotopic (exact) mass is 209 g/mol. The third kappa shape index (κ3) is 2.74. The number of hydrogen-bond acceptors (Lipinski definition) is 2. The third-order valence-corrected chi connectivity index (χ3v) is 3.79. The number of nitrogens with zero attached hydrogens (tertiary/aromatic N) is 1. The van der Waals surface area contributed by atoms with E-state index in [0.29, 0.717) is 6.42 Å². The van der Waals surface area contributed by atoms with Crippen molar-refractivity contribution in [2.75, 3.05) is 14.1 Å². The van der Waals surface area contributed by atoms with Crippen molar-refractivity contribution in [2.45, 2.75) is 56.6 Å². The van der Waals surface area contributed by atoms with E-state index in [1.54, 1.807) is 0 Å². The predicted octanol–water partition coefficient (Wildman–Crippen LogP) is 2.03. The second-order valence-corrected chi connectivity index (χ2v) is 4.84. The lowest BCUT2D eigenvalue weighted by Crippen LogP contribution is -2.53. The largest absolute Gasteiger partial charge is 0.390 e. The zero-order valence-electron chi connectivity index (χ0n) is 10.00. The van der Waals surface area contributed by atoms with Crippen LogP contribution >= 0.6 is 0 Å². The maximum Gasteiger partial charge on any atom is 0.0832 e. The maximum absolute atomic E-state index is 10.2. The van der Waals surface area contributed by atoms with E-state index in [1.807, 2.05) is 0 Å². The minimum Gasteiger partial charge on any atom is -0.390 e. The summed E-state index contributed by atoms with van der Waals surface area (Å²) in [5, 5.41) is 10.2. The van der Waals surface area contributed by atoms with Gasteiger partial charge in [0.05, 0.1) is 6.10 Å². The zero-order chi connectivity index (χ0) is 11.3. The molecule has 1 atom stereocenters. The molecule has 0 heterocycles. The van der Waals surface area contributed by atoms with Crippen molar-refractivity contribution < 1.29 is 5.11 Å². The van der Waals surface area contributed by atoms with Gasteiger partial charge in [-0.25, -0.2) is 0 Å². The fourth-order valence-electron chi connectivity index (χ4n) is 2.72. The van der Waals surface area contributed by atoms with E-state index in [1.165, 1.54) is 25.7 Å². The molecule has 0 bridgehead atoms. The molecule has 0 saturated heterocycles. The van der Waals surface area contributed by atoms with E-state index in [0.717, 1.165) is 12.8 Å². The first kappa shape index (κ1) is 12.5. The minimum absolute atomic E-state index is 0.0805. The van der Waals surface area contributed by atoms with E-state index in [-0.39, 0.29) is 11.6 Å². The Hall–Kier alpha value is -0.520. The van der Waals surface area contributed by atoms with Gasteiger partial charge in [-0.2, -0.15) is 0 Å². The molecule has 1 aliphatic carbocycles. The van der Waals surface area contributed by atoms with Crippen LogP contribution in [0.4, 0.5) is 0 Å². The molecule has 2 nitrogen and oxygen atoms in total. The van der Waals surface area contributed by atoms with Gasteiger partial charge in [-0.05, 0) is 26.9 Å². The number of terminal acetylenes is 1. The normalized spacial score (nSPS) is 23.1. The van der Waals surface area contributed by atoms with Crippen LogP contribution in [-0.2, 0) is 0 Å². The zero-order valence-corrected chi connectivity index (χ0v) is 10.00. The second kappa shape index (κ2) is 5.53. The van der Waals surface area contributed by atoms with Gasteiger partial charge in [0.15, 0.2) is 0 Å². The van der Waals surface area contributed by atoms with E-state index in [2.05, 4.69) is 24.9 Å². The highest BCUT2D eigenvalue weighted by Gasteiger charge is 2.39. The standard InChI is InChI=1S/C13H23NO/c1-4-9-12(15)13(14(2)3)10-7-5-6-8-11-13/h1,12,15H,5-11H2,2-3H3. The summed E-state index contributed by atoms with van der Waals surface area (Å²) in [7, 11) is 4.12. The molecule has 0 aliphatic heterocycles. The Kier molecular flexibility index (Phi) is 4.63. The Balaban J connectivity index is 2.80. The summed E-state index contributed by atoms with van der Waals surface area (Å²) < 4.78 is 0. The Bertz CT molecular complexity index is 221.